The first-order valence-electron chi connectivity index (χ1n) is 6.92. The van der Waals surface area contributed by atoms with Crippen LogP contribution in [0.2, 0.25) is 10.0 Å². The Morgan fingerprint density at radius 3 is 2.61 bits per heavy atom. The summed E-state index contributed by atoms with van der Waals surface area (Å²) in [5, 5.41) is 3.36. The van der Waals surface area contributed by atoms with E-state index in [4.69, 9.17) is 27.9 Å². The van der Waals surface area contributed by atoms with E-state index in [1.807, 2.05) is 13.8 Å². The predicted molar refractivity (Wildman–Crippen MR) is 93.8 cm³/mol. The number of amides is 1. The number of halogens is 2. The summed E-state index contributed by atoms with van der Waals surface area (Å²) in [7, 11) is 0. The average molecular weight is 372 g/mol. The summed E-state index contributed by atoms with van der Waals surface area (Å²) in [6, 6.07) is 6.49. The summed E-state index contributed by atoms with van der Waals surface area (Å²) in [6.45, 7) is 3.59. The van der Waals surface area contributed by atoms with Gasteiger partial charge >= 0.3 is 5.97 Å². The Kier molecular flexibility index (Phi) is 6.04. The van der Waals surface area contributed by atoms with E-state index in [1.54, 1.807) is 18.2 Å². The number of rotatable bonds is 5. The molecule has 0 atom stereocenters. The van der Waals surface area contributed by atoms with Gasteiger partial charge in [0.15, 0.2) is 6.61 Å². The molecule has 2 aromatic rings. The van der Waals surface area contributed by atoms with E-state index in [2.05, 4.69) is 5.32 Å². The van der Waals surface area contributed by atoms with Crippen LogP contribution in [0.25, 0.3) is 0 Å². The molecule has 0 fully saturated rings. The molecule has 0 saturated carbocycles. The van der Waals surface area contributed by atoms with Gasteiger partial charge in [-0.1, -0.05) is 30.1 Å². The Bertz CT molecular complexity index is 743. The molecule has 1 amide bonds. The maximum absolute atomic E-state index is 12.0. The van der Waals surface area contributed by atoms with Gasteiger partial charge in [0.2, 0.25) is 0 Å². The van der Waals surface area contributed by atoms with Crippen molar-refractivity contribution >= 4 is 52.1 Å². The lowest BCUT2D eigenvalue weighted by Gasteiger charge is -2.07. The summed E-state index contributed by atoms with van der Waals surface area (Å²) < 4.78 is 5.03. The lowest BCUT2D eigenvalue weighted by molar-refractivity contribution is -0.119. The molecule has 0 aliphatic heterocycles. The van der Waals surface area contributed by atoms with Gasteiger partial charge in [0, 0.05) is 9.90 Å². The van der Waals surface area contributed by atoms with E-state index in [9.17, 15) is 9.59 Å². The lowest BCUT2D eigenvalue weighted by Crippen LogP contribution is -2.20. The molecule has 0 bridgehead atoms. The summed E-state index contributed by atoms with van der Waals surface area (Å²) in [5.74, 6) is -0.971. The third kappa shape index (κ3) is 4.70. The molecule has 1 heterocycles. The number of esters is 1. The first-order chi connectivity index (χ1) is 10.9. The van der Waals surface area contributed by atoms with Crippen LogP contribution in [0.5, 0.6) is 0 Å². The van der Waals surface area contributed by atoms with Crippen LogP contribution in [-0.4, -0.2) is 18.5 Å². The number of carbonyl (C=O) groups is 2. The van der Waals surface area contributed by atoms with E-state index >= 15 is 0 Å². The molecule has 1 aromatic heterocycles. The number of carbonyl (C=O) groups excluding carboxylic acids is 2. The van der Waals surface area contributed by atoms with E-state index in [0.29, 0.717) is 20.6 Å². The van der Waals surface area contributed by atoms with Crippen molar-refractivity contribution in [3.63, 3.8) is 0 Å². The number of ether oxygens (including phenoxy) is 1. The van der Waals surface area contributed by atoms with Gasteiger partial charge in [0.25, 0.3) is 5.91 Å². The molecule has 1 N–H and O–H groups in total. The molecule has 0 radical (unpaired) electrons. The van der Waals surface area contributed by atoms with Gasteiger partial charge in [-0.3, -0.25) is 4.79 Å². The summed E-state index contributed by atoms with van der Waals surface area (Å²) in [4.78, 5) is 25.4. The number of benzene rings is 1. The number of nitrogens with one attached hydrogen (secondary N) is 1. The first-order valence-corrected chi connectivity index (χ1v) is 8.49. The van der Waals surface area contributed by atoms with Crippen molar-refractivity contribution in [1.82, 2.24) is 0 Å². The van der Waals surface area contributed by atoms with Gasteiger partial charge in [-0.05, 0) is 43.2 Å². The standard InChI is InChI=1S/C16H15Cl2NO3S/c1-3-13-9(2)6-14(23-13)16(21)22-8-15(20)19-12-5-4-10(17)7-11(12)18/h4-7H,3,8H2,1-2H3,(H,19,20). The first kappa shape index (κ1) is 17.8. The third-order valence-corrected chi connectivity index (χ3v) is 4.99. The normalized spacial score (nSPS) is 10.4. The highest BCUT2D eigenvalue weighted by Crippen LogP contribution is 2.25. The van der Waals surface area contributed by atoms with Gasteiger partial charge in [0.05, 0.1) is 10.7 Å². The van der Waals surface area contributed by atoms with Crippen LogP contribution in [0.1, 0.15) is 27.0 Å². The molecule has 1 aromatic carbocycles. The fourth-order valence-corrected chi connectivity index (χ4v) is 3.41. The number of anilines is 1. The van der Waals surface area contributed by atoms with Crippen molar-refractivity contribution in [2.24, 2.45) is 0 Å². The average Bonchev–Trinajstić information content (AvgIpc) is 2.89. The maximum atomic E-state index is 12.0. The van der Waals surface area contributed by atoms with Gasteiger partial charge in [-0.2, -0.15) is 0 Å². The monoisotopic (exact) mass is 371 g/mol. The van der Waals surface area contributed by atoms with E-state index in [0.717, 1.165) is 16.9 Å². The highest BCUT2D eigenvalue weighted by Gasteiger charge is 2.15. The Morgan fingerprint density at radius 2 is 2.00 bits per heavy atom. The molecule has 122 valence electrons. The zero-order valence-corrected chi connectivity index (χ0v) is 14.9. The Labute approximate surface area is 148 Å². The minimum atomic E-state index is -0.504. The molecule has 23 heavy (non-hydrogen) atoms. The van der Waals surface area contributed by atoms with Gasteiger partial charge in [0.1, 0.15) is 4.88 Å². The van der Waals surface area contributed by atoms with Crippen LogP contribution >= 0.6 is 34.5 Å². The smallest absolute Gasteiger partial charge is 0.348 e. The van der Waals surface area contributed by atoms with Crippen molar-refractivity contribution < 1.29 is 14.3 Å². The van der Waals surface area contributed by atoms with Gasteiger partial charge in [-0.25, -0.2) is 4.79 Å². The highest BCUT2D eigenvalue weighted by molar-refractivity contribution is 7.14. The zero-order chi connectivity index (χ0) is 17.0. The largest absolute Gasteiger partial charge is 0.451 e. The van der Waals surface area contributed by atoms with Crippen LogP contribution in [0.15, 0.2) is 24.3 Å². The maximum Gasteiger partial charge on any atom is 0.348 e. The Balaban J connectivity index is 1.91. The molecule has 7 heteroatoms. The predicted octanol–water partition coefficient (Wildman–Crippen LogP) is 4.72. The second-order valence-electron chi connectivity index (χ2n) is 4.82. The second-order valence-corrected chi connectivity index (χ2v) is 6.80. The minimum Gasteiger partial charge on any atom is -0.451 e. The zero-order valence-electron chi connectivity index (χ0n) is 12.6. The van der Waals surface area contributed by atoms with Crippen molar-refractivity contribution in [3.8, 4) is 0 Å². The van der Waals surface area contributed by atoms with E-state index < -0.39 is 11.9 Å². The van der Waals surface area contributed by atoms with Crippen molar-refractivity contribution in [3.05, 3.63) is 49.6 Å². The molecular weight excluding hydrogens is 357 g/mol. The number of hydrogen-bond donors (Lipinski definition) is 1. The molecule has 2 rings (SSSR count). The summed E-state index contributed by atoms with van der Waals surface area (Å²) in [6.07, 6.45) is 0.860. The molecule has 0 aliphatic rings. The summed E-state index contributed by atoms with van der Waals surface area (Å²) in [5.41, 5.74) is 1.47. The van der Waals surface area contributed by atoms with E-state index in [-0.39, 0.29) is 6.61 Å². The van der Waals surface area contributed by atoms with Crippen LogP contribution in [-0.2, 0) is 16.0 Å². The fourth-order valence-electron chi connectivity index (χ4n) is 1.95. The molecule has 0 unspecified atom stereocenters. The topological polar surface area (TPSA) is 55.4 Å². The lowest BCUT2D eigenvalue weighted by atomic mass is 10.2. The van der Waals surface area contributed by atoms with Crippen LogP contribution in [0.4, 0.5) is 5.69 Å². The number of thiophene rings is 1. The van der Waals surface area contributed by atoms with Crippen LogP contribution < -0.4 is 5.32 Å². The number of aryl methyl sites for hydroxylation is 2. The van der Waals surface area contributed by atoms with Crippen molar-refractivity contribution in [2.75, 3.05) is 11.9 Å². The molecular formula is C16H15Cl2NO3S. The van der Waals surface area contributed by atoms with E-state index in [1.165, 1.54) is 17.4 Å². The van der Waals surface area contributed by atoms with Crippen molar-refractivity contribution in [2.45, 2.75) is 20.3 Å². The molecule has 4 nitrogen and oxygen atoms in total. The molecule has 0 spiro atoms. The molecule has 0 saturated heterocycles. The Morgan fingerprint density at radius 1 is 1.26 bits per heavy atom. The van der Waals surface area contributed by atoms with Gasteiger partial charge in [-0.15, -0.1) is 11.3 Å². The minimum absolute atomic E-state index is 0.318. The third-order valence-electron chi connectivity index (χ3n) is 3.08. The van der Waals surface area contributed by atoms with Crippen LogP contribution in [0, 0.1) is 6.92 Å². The highest BCUT2D eigenvalue weighted by atomic mass is 35.5. The Hall–Kier alpha value is -1.56. The fraction of sp³-hybridized carbons (Fsp3) is 0.250. The molecule has 0 aliphatic carbocycles. The van der Waals surface area contributed by atoms with Crippen molar-refractivity contribution in [1.29, 1.82) is 0 Å². The number of hydrogen-bond acceptors (Lipinski definition) is 4. The summed E-state index contributed by atoms with van der Waals surface area (Å²) >= 11 is 13.1. The van der Waals surface area contributed by atoms with Crippen LogP contribution in [0.3, 0.4) is 0 Å². The quantitative estimate of drug-likeness (QED) is 0.773. The second kappa shape index (κ2) is 7.81. The SMILES string of the molecule is CCc1sc(C(=O)OCC(=O)Nc2ccc(Cl)cc2Cl)cc1C. The van der Waals surface area contributed by atoms with Gasteiger partial charge < -0.3 is 10.1 Å².